The Labute approximate surface area is 215 Å². The van der Waals surface area contributed by atoms with Crippen LogP contribution in [0, 0.1) is 28.9 Å². The van der Waals surface area contributed by atoms with Crippen molar-refractivity contribution in [3.8, 4) is 23.3 Å². The lowest BCUT2D eigenvalue weighted by Crippen LogP contribution is -2.38. The summed E-state index contributed by atoms with van der Waals surface area (Å²) in [5, 5.41) is 10.6. The van der Waals surface area contributed by atoms with Crippen LogP contribution in [0.4, 0.5) is 13.8 Å². The molecule has 3 aromatic heterocycles. The number of ether oxygens (including phenoxy) is 2. The summed E-state index contributed by atoms with van der Waals surface area (Å²) in [5.41, 5.74) is 7.71. The maximum Gasteiger partial charge on any atom is 0.317 e. The Kier molecular flexibility index (Phi) is 5.71. The number of thiophene rings is 1. The number of anilines is 1. The second kappa shape index (κ2) is 8.83. The van der Waals surface area contributed by atoms with Gasteiger partial charge in [0.1, 0.15) is 22.7 Å². The van der Waals surface area contributed by atoms with E-state index in [4.69, 9.17) is 15.2 Å². The first kappa shape index (κ1) is 23.9. The molecule has 0 spiro atoms. The number of hydrogen-bond donors (Lipinski definition) is 1. The molecule has 0 saturated carbocycles. The lowest BCUT2D eigenvalue weighted by Gasteiger charge is -2.25. The minimum Gasteiger partial charge on any atom is -0.459 e. The van der Waals surface area contributed by atoms with E-state index in [1.807, 2.05) is 13.0 Å². The van der Waals surface area contributed by atoms with Gasteiger partial charge in [-0.05, 0) is 37.4 Å². The highest BCUT2D eigenvalue weighted by molar-refractivity contribution is 7.23. The summed E-state index contributed by atoms with van der Waals surface area (Å²) < 4.78 is 42.9. The number of likely N-dealkylation sites (N-methyl/N-ethyl adjacent to an activating group) is 1. The third-order valence-electron chi connectivity index (χ3n) is 7.37. The fraction of sp³-hybridized carbons (Fsp3) is 0.385. The van der Waals surface area contributed by atoms with Crippen molar-refractivity contribution in [2.24, 2.45) is 5.92 Å². The van der Waals surface area contributed by atoms with Gasteiger partial charge in [0, 0.05) is 35.1 Å². The molecule has 0 bridgehead atoms. The van der Waals surface area contributed by atoms with Crippen LogP contribution in [0.25, 0.3) is 32.2 Å². The molecule has 1 saturated heterocycles. The van der Waals surface area contributed by atoms with Crippen LogP contribution in [0.1, 0.15) is 37.0 Å². The molecule has 2 aliphatic rings. The Bertz CT molecular complexity index is 1620. The van der Waals surface area contributed by atoms with E-state index >= 15 is 4.39 Å². The maximum absolute atomic E-state index is 16.4. The number of nitriles is 1. The predicted octanol–water partition coefficient (Wildman–Crippen LogP) is 4.78. The number of likely N-dealkylation sites (tertiary alicyclic amines) is 1. The highest BCUT2D eigenvalue weighted by Gasteiger charge is 2.33. The van der Waals surface area contributed by atoms with E-state index in [1.165, 1.54) is 0 Å². The first-order valence-corrected chi connectivity index (χ1v) is 12.8. The van der Waals surface area contributed by atoms with E-state index in [9.17, 15) is 9.65 Å². The minimum absolute atomic E-state index is 0.0607. The Hall–Kier alpha value is -3.46. The molecule has 0 amide bonds. The zero-order chi connectivity index (χ0) is 26.0. The standard InChI is InChI=1S/C26H24F2N6O2S/c1-11-4-18(34(3)8-11)12(2)36-26-32-6-14-15-9-35-10-16(15)19(21(28)22(14)33-26)23-20-13(5-29)25(30)37-24(20)17(27)7-31-23/h6-7,11-12,18H,4,8-10,30H2,1-3H3. The number of halogens is 2. The van der Waals surface area contributed by atoms with Gasteiger partial charge in [0.05, 0.1) is 35.4 Å². The molecule has 2 N–H and O–H groups in total. The molecular formula is C26H24F2N6O2S. The minimum atomic E-state index is -0.653. The second-order valence-electron chi connectivity index (χ2n) is 9.84. The number of fused-ring (bicyclic) bond motifs is 4. The third-order valence-corrected chi connectivity index (χ3v) is 8.39. The average Bonchev–Trinajstić information content (AvgIpc) is 3.57. The molecule has 1 fully saturated rings. The van der Waals surface area contributed by atoms with Crippen LogP contribution in [-0.2, 0) is 18.0 Å². The largest absolute Gasteiger partial charge is 0.459 e. The average molecular weight is 523 g/mol. The molecule has 1 aromatic carbocycles. The van der Waals surface area contributed by atoms with Crippen molar-refractivity contribution in [1.82, 2.24) is 19.9 Å². The van der Waals surface area contributed by atoms with Gasteiger partial charge < -0.3 is 15.2 Å². The molecule has 6 rings (SSSR count). The number of rotatable bonds is 4. The van der Waals surface area contributed by atoms with Crippen LogP contribution in [0.5, 0.6) is 6.01 Å². The molecule has 5 heterocycles. The van der Waals surface area contributed by atoms with Crippen molar-refractivity contribution in [3.05, 3.63) is 40.7 Å². The lowest BCUT2D eigenvalue weighted by atomic mass is 9.94. The van der Waals surface area contributed by atoms with Gasteiger partial charge in [0.15, 0.2) is 11.6 Å². The van der Waals surface area contributed by atoms with E-state index in [2.05, 4.69) is 33.8 Å². The van der Waals surface area contributed by atoms with Crippen molar-refractivity contribution < 1.29 is 18.3 Å². The molecule has 2 aliphatic heterocycles. The molecule has 37 heavy (non-hydrogen) atoms. The Balaban J connectivity index is 1.52. The monoisotopic (exact) mass is 522 g/mol. The molecule has 8 nitrogen and oxygen atoms in total. The smallest absolute Gasteiger partial charge is 0.317 e. The normalized spacial score (nSPS) is 20.4. The van der Waals surface area contributed by atoms with Crippen molar-refractivity contribution in [1.29, 1.82) is 5.26 Å². The molecule has 190 valence electrons. The molecule has 0 aliphatic carbocycles. The van der Waals surface area contributed by atoms with Crippen LogP contribution in [0.2, 0.25) is 0 Å². The Morgan fingerprint density at radius 2 is 2.05 bits per heavy atom. The molecule has 3 unspecified atom stereocenters. The Morgan fingerprint density at radius 3 is 2.78 bits per heavy atom. The number of nitrogens with zero attached hydrogens (tertiary/aromatic N) is 5. The van der Waals surface area contributed by atoms with Gasteiger partial charge >= 0.3 is 6.01 Å². The van der Waals surface area contributed by atoms with E-state index in [-0.39, 0.29) is 68.8 Å². The first-order chi connectivity index (χ1) is 17.8. The van der Waals surface area contributed by atoms with Gasteiger partial charge in [-0.15, -0.1) is 11.3 Å². The van der Waals surface area contributed by atoms with Crippen molar-refractivity contribution in [2.45, 2.75) is 45.6 Å². The number of nitrogens with two attached hydrogens (primary N) is 1. The summed E-state index contributed by atoms with van der Waals surface area (Å²) in [6, 6.07) is 2.30. The summed E-state index contributed by atoms with van der Waals surface area (Å²) in [6.07, 6.45) is 3.38. The number of aromatic nitrogens is 3. The summed E-state index contributed by atoms with van der Waals surface area (Å²) in [4.78, 5) is 15.3. The van der Waals surface area contributed by atoms with Gasteiger partial charge in [-0.2, -0.15) is 10.2 Å². The fourth-order valence-electron chi connectivity index (χ4n) is 5.68. The van der Waals surface area contributed by atoms with Crippen molar-refractivity contribution in [3.63, 3.8) is 0 Å². The van der Waals surface area contributed by atoms with Crippen LogP contribution in [0.3, 0.4) is 0 Å². The first-order valence-electron chi connectivity index (χ1n) is 12.0. The van der Waals surface area contributed by atoms with Crippen molar-refractivity contribution in [2.75, 3.05) is 19.3 Å². The van der Waals surface area contributed by atoms with Gasteiger partial charge in [-0.1, -0.05) is 6.92 Å². The zero-order valence-electron chi connectivity index (χ0n) is 20.5. The predicted molar refractivity (Wildman–Crippen MR) is 136 cm³/mol. The molecule has 4 aromatic rings. The van der Waals surface area contributed by atoms with E-state index in [0.717, 1.165) is 36.1 Å². The van der Waals surface area contributed by atoms with Gasteiger partial charge in [0.25, 0.3) is 0 Å². The topological polar surface area (TPSA) is 110 Å². The fourth-order valence-corrected chi connectivity index (χ4v) is 6.60. The Morgan fingerprint density at radius 1 is 1.27 bits per heavy atom. The quantitative estimate of drug-likeness (QED) is 0.408. The molecule has 11 heteroatoms. The number of benzene rings is 1. The number of hydrogen-bond acceptors (Lipinski definition) is 9. The highest BCUT2D eigenvalue weighted by atomic mass is 32.1. The number of pyridine rings is 1. The lowest BCUT2D eigenvalue weighted by molar-refractivity contribution is 0.112. The van der Waals surface area contributed by atoms with E-state index < -0.39 is 11.6 Å². The van der Waals surface area contributed by atoms with E-state index in [1.54, 1.807) is 6.20 Å². The van der Waals surface area contributed by atoms with E-state index in [0.29, 0.717) is 16.9 Å². The van der Waals surface area contributed by atoms with Gasteiger partial charge in [-0.25, -0.2) is 13.8 Å². The molecule has 3 atom stereocenters. The van der Waals surface area contributed by atoms with Gasteiger partial charge in [-0.3, -0.25) is 9.88 Å². The molecule has 0 radical (unpaired) electrons. The summed E-state index contributed by atoms with van der Waals surface area (Å²) in [7, 11) is 2.06. The maximum atomic E-state index is 16.4. The SMILES string of the molecule is CC1CC(C(C)Oc2ncc3c4c(c(-c5ncc(F)c6sc(N)c(C#N)c56)c(F)c3n2)COC4)N(C)C1. The highest BCUT2D eigenvalue weighted by Crippen LogP contribution is 2.45. The van der Waals surface area contributed by atoms with Crippen LogP contribution in [0.15, 0.2) is 12.4 Å². The van der Waals surface area contributed by atoms with Crippen LogP contribution in [-0.4, -0.2) is 45.6 Å². The zero-order valence-corrected chi connectivity index (χ0v) is 21.3. The van der Waals surface area contributed by atoms with Gasteiger partial charge in [0.2, 0.25) is 0 Å². The summed E-state index contributed by atoms with van der Waals surface area (Å²) in [5.74, 6) is -0.713. The van der Waals surface area contributed by atoms with Crippen LogP contribution < -0.4 is 10.5 Å². The summed E-state index contributed by atoms with van der Waals surface area (Å²) >= 11 is 0.940. The second-order valence-corrected chi connectivity index (χ2v) is 10.9. The number of nitrogen functional groups attached to an aromatic ring is 1. The van der Waals surface area contributed by atoms with Crippen LogP contribution >= 0.6 is 11.3 Å². The summed E-state index contributed by atoms with van der Waals surface area (Å²) in [6.45, 7) is 5.54. The molecular weight excluding hydrogens is 498 g/mol. The van der Waals surface area contributed by atoms with Crippen molar-refractivity contribution >= 4 is 37.3 Å². The third kappa shape index (κ3) is 3.70.